The van der Waals surface area contributed by atoms with E-state index in [4.69, 9.17) is 5.73 Å². The second kappa shape index (κ2) is 7.12. The zero-order valence-electron chi connectivity index (χ0n) is 13.2. The summed E-state index contributed by atoms with van der Waals surface area (Å²) < 4.78 is 0. The summed E-state index contributed by atoms with van der Waals surface area (Å²) in [5, 5.41) is 0. The Morgan fingerprint density at radius 1 is 1.15 bits per heavy atom. The molecule has 0 saturated heterocycles. The lowest BCUT2D eigenvalue weighted by Crippen LogP contribution is -2.27. The maximum atomic E-state index is 5.70. The molecule has 1 aliphatic heterocycles. The standard InChI is InChI=1S/C18H30N2/c1-18(2,12-13-19)11-7-15-20-14-6-5-9-16-8-3-4-10-17(16)20/h3-4,8,10H,5-7,9,11-15,19H2,1-2H3. The number of para-hydroxylation sites is 1. The van der Waals surface area contributed by atoms with Crippen LogP contribution in [0.2, 0.25) is 0 Å². The molecule has 1 heterocycles. The highest BCUT2D eigenvalue weighted by atomic mass is 15.1. The lowest BCUT2D eigenvalue weighted by atomic mass is 9.84. The molecule has 0 spiro atoms. The van der Waals surface area contributed by atoms with Crippen LogP contribution in [-0.4, -0.2) is 19.6 Å². The Labute approximate surface area is 124 Å². The molecule has 0 radical (unpaired) electrons. The molecule has 0 aromatic heterocycles. The van der Waals surface area contributed by atoms with Gasteiger partial charge in [0.15, 0.2) is 0 Å². The monoisotopic (exact) mass is 274 g/mol. The molecule has 0 amide bonds. The molecule has 1 aromatic carbocycles. The van der Waals surface area contributed by atoms with E-state index in [9.17, 15) is 0 Å². The highest BCUT2D eigenvalue weighted by Crippen LogP contribution is 2.29. The lowest BCUT2D eigenvalue weighted by molar-refractivity contribution is 0.305. The Morgan fingerprint density at radius 3 is 2.75 bits per heavy atom. The van der Waals surface area contributed by atoms with Gasteiger partial charge < -0.3 is 10.6 Å². The third kappa shape index (κ3) is 4.24. The number of hydrogen-bond donors (Lipinski definition) is 1. The number of rotatable bonds is 6. The Balaban J connectivity index is 1.93. The van der Waals surface area contributed by atoms with E-state index in [0.717, 1.165) is 13.0 Å². The quantitative estimate of drug-likeness (QED) is 0.850. The summed E-state index contributed by atoms with van der Waals surface area (Å²) in [6.45, 7) is 7.89. The van der Waals surface area contributed by atoms with Crippen LogP contribution in [0.4, 0.5) is 5.69 Å². The van der Waals surface area contributed by atoms with Gasteiger partial charge in [0.1, 0.15) is 0 Å². The molecule has 2 N–H and O–H groups in total. The average Bonchev–Trinajstić information content (AvgIpc) is 2.61. The summed E-state index contributed by atoms with van der Waals surface area (Å²) in [7, 11) is 0. The lowest BCUT2D eigenvalue weighted by Gasteiger charge is -2.28. The second-order valence-corrected chi connectivity index (χ2v) is 6.88. The zero-order valence-corrected chi connectivity index (χ0v) is 13.2. The van der Waals surface area contributed by atoms with E-state index in [-0.39, 0.29) is 0 Å². The van der Waals surface area contributed by atoms with Crippen molar-refractivity contribution in [1.29, 1.82) is 0 Å². The molecular weight excluding hydrogens is 244 g/mol. The van der Waals surface area contributed by atoms with Crippen LogP contribution in [0.25, 0.3) is 0 Å². The topological polar surface area (TPSA) is 29.3 Å². The first-order valence-corrected chi connectivity index (χ1v) is 8.15. The fourth-order valence-corrected chi connectivity index (χ4v) is 3.27. The molecule has 20 heavy (non-hydrogen) atoms. The molecule has 2 nitrogen and oxygen atoms in total. The van der Waals surface area contributed by atoms with Gasteiger partial charge in [0.2, 0.25) is 0 Å². The van der Waals surface area contributed by atoms with Gasteiger partial charge in [-0.2, -0.15) is 0 Å². The molecule has 0 atom stereocenters. The van der Waals surface area contributed by atoms with Crippen molar-refractivity contribution in [1.82, 2.24) is 0 Å². The van der Waals surface area contributed by atoms with Crippen molar-refractivity contribution in [2.45, 2.75) is 52.4 Å². The molecule has 2 rings (SSSR count). The van der Waals surface area contributed by atoms with Crippen LogP contribution >= 0.6 is 0 Å². The van der Waals surface area contributed by atoms with Crippen LogP contribution in [-0.2, 0) is 6.42 Å². The number of hydrogen-bond acceptors (Lipinski definition) is 2. The largest absolute Gasteiger partial charge is 0.371 e. The van der Waals surface area contributed by atoms with Crippen molar-refractivity contribution in [3.05, 3.63) is 29.8 Å². The van der Waals surface area contributed by atoms with Crippen molar-refractivity contribution < 1.29 is 0 Å². The minimum atomic E-state index is 0.389. The van der Waals surface area contributed by atoms with E-state index < -0.39 is 0 Å². The van der Waals surface area contributed by atoms with Crippen molar-refractivity contribution in [3.8, 4) is 0 Å². The first-order valence-electron chi connectivity index (χ1n) is 8.15. The van der Waals surface area contributed by atoms with Crippen molar-refractivity contribution in [2.75, 3.05) is 24.5 Å². The van der Waals surface area contributed by atoms with E-state index in [1.54, 1.807) is 0 Å². The number of benzene rings is 1. The van der Waals surface area contributed by atoms with Gasteiger partial charge >= 0.3 is 0 Å². The Kier molecular flexibility index (Phi) is 5.47. The van der Waals surface area contributed by atoms with Crippen molar-refractivity contribution in [3.63, 3.8) is 0 Å². The maximum absolute atomic E-state index is 5.70. The summed E-state index contributed by atoms with van der Waals surface area (Å²) in [6.07, 6.45) is 7.55. The zero-order chi connectivity index (χ0) is 14.4. The van der Waals surface area contributed by atoms with E-state index in [0.29, 0.717) is 5.41 Å². The van der Waals surface area contributed by atoms with E-state index in [2.05, 4.69) is 43.0 Å². The van der Waals surface area contributed by atoms with E-state index in [1.165, 1.54) is 56.4 Å². The minimum absolute atomic E-state index is 0.389. The van der Waals surface area contributed by atoms with E-state index in [1.807, 2.05) is 0 Å². The van der Waals surface area contributed by atoms with Crippen LogP contribution in [0.1, 0.15) is 51.5 Å². The number of nitrogens with two attached hydrogens (primary N) is 1. The van der Waals surface area contributed by atoms with Crippen LogP contribution in [0.15, 0.2) is 24.3 Å². The first-order chi connectivity index (χ1) is 9.62. The molecule has 1 aliphatic rings. The molecule has 0 aliphatic carbocycles. The number of nitrogens with zero attached hydrogens (tertiary/aromatic N) is 1. The third-order valence-electron chi connectivity index (χ3n) is 4.56. The molecule has 0 fully saturated rings. The van der Waals surface area contributed by atoms with Gasteiger partial charge in [-0.3, -0.25) is 0 Å². The predicted octanol–water partition coefficient (Wildman–Crippen LogP) is 3.98. The van der Waals surface area contributed by atoms with Crippen LogP contribution in [0.3, 0.4) is 0 Å². The van der Waals surface area contributed by atoms with Crippen molar-refractivity contribution in [2.24, 2.45) is 11.1 Å². The fraction of sp³-hybridized carbons (Fsp3) is 0.667. The fourth-order valence-electron chi connectivity index (χ4n) is 3.27. The number of fused-ring (bicyclic) bond motifs is 1. The minimum Gasteiger partial charge on any atom is -0.371 e. The second-order valence-electron chi connectivity index (χ2n) is 6.88. The number of aryl methyl sites for hydroxylation is 1. The predicted molar refractivity (Wildman–Crippen MR) is 88.3 cm³/mol. The van der Waals surface area contributed by atoms with E-state index >= 15 is 0 Å². The molecule has 0 saturated carbocycles. The summed E-state index contributed by atoms with van der Waals surface area (Å²) >= 11 is 0. The van der Waals surface area contributed by atoms with Gasteiger partial charge in [-0.25, -0.2) is 0 Å². The van der Waals surface area contributed by atoms with Gasteiger partial charge in [0.25, 0.3) is 0 Å². The molecule has 0 unspecified atom stereocenters. The van der Waals surface area contributed by atoms with Crippen LogP contribution in [0, 0.1) is 5.41 Å². The maximum Gasteiger partial charge on any atom is 0.0398 e. The molecule has 2 heteroatoms. The normalized spacial score (nSPS) is 15.8. The van der Waals surface area contributed by atoms with Gasteiger partial charge in [0, 0.05) is 18.8 Å². The first kappa shape index (κ1) is 15.4. The summed E-state index contributed by atoms with van der Waals surface area (Å²) in [4.78, 5) is 2.60. The molecular formula is C18H30N2. The van der Waals surface area contributed by atoms with Gasteiger partial charge in [-0.15, -0.1) is 0 Å². The molecule has 1 aromatic rings. The smallest absolute Gasteiger partial charge is 0.0398 e. The van der Waals surface area contributed by atoms with Gasteiger partial charge in [0.05, 0.1) is 0 Å². The molecule has 0 bridgehead atoms. The third-order valence-corrected chi connectivity index (χ3v) is 4.56. The van der Waals surface area contributed by atoms with Gasteiger partial charge in [-0.1, -0.05) is 32.0 Å². The summed E-state index contributed by atoms with van der Waals surface area (Å²) in [5.74, 6) is 0. The Bertz CT molecular complexity index is 412. The van der Waals surface area contributed by atoms with Crippen LogP contribution < -0.4 is 10.6 Å². The summed E-state index contributed by atoms with van der Waals surface area (Å²) in [5.41, 5.74) is 9.10. The molecule has 112 valence electrons. The summed E-state index contributed by atoms with van der Waals surface area (Å²) in [6, 6.07) is 8.94. The van der Waals surface area contributed by atoms with Gasteiger partial charge in [-0.05, 0) is 62.1 Å². The highest BCUT2D eigenvalue weighted by molar-refractivity contribution is 5.54. The number of anilines is 1. The SMILES string of the molecule is CC(C)(CCN)CCCN1CCCCc2ccccc21. The average molecular weight is 274 g/mol. The highest BCUT2D eigenvalue weighted by Gasteiger charge is 2.18. The van der Waals surface area contributed by atoms with Crippen molar-refractivity contribution >= 4 is 5.69 Å². The van der Waals surface area contributed by atoms with Crippen LogP contribution in [0.5, 0.6) is 0 Å². The Morgan fingerprint density at radius 2 is 1.95 bits per heavy atom. The Hall–Kier alpha value is -1.02.